The minimum absolute atomic E-state index is 0.00844. The number of para-hydroxylation sites is 2. The van der Waals surface area contributed by atoms with E-state index < -0.39 is 0 Å². The van der Waals surface area contributed by atoms with Crippen molar-refractivity contribution in [1.29, 1.82) is 0 Å². The van der Waals surface area contributed by atoms with Gasteiger partial charge in [0, 0.05) is 36.5 Å². The van der Waals surface area contributed by atoms with Crippen molar-refractivity contribution in [2.75, 3.05) is 25.0 Å². The van der Waals surface area contributed by atoms with Crippen molar-refractivity contribution in [3.8, 4) is 0 Å². The van der Waals surface area contributed by atoms with E-state index in [1.165, 1.54) is 17.8 Å². The van der Waals surface area contributed by atoms with Gasteiger partial charge in [-0.25, -0.2) is 9.78 Å². The largest absolute Gasteiger partial charge is 0.342 e. The number of H-pyrrole nitrogens is 1. The smallest absolute Gasteiger partial charge is 0.326 e. The molecule has 6 rings (SSSR count). The van der Waals surface area contributed by atoms with Crippen molar-refractivity contribution in [3.05, 3.63) is 45.8 Å². The Morgan fingerprint density at radius 2 is 1.77 bits per heavy atom. The third kappa shape index (κ3) is 5.84. The molecule has 0 atom stereocenters. The number of carbonyl (C=O) groups excluding carboxylic acids is 3. The van der Waals surface area contributed by atoms with Crippen molar-refractivity contribution in [2.45, 2.75) is 76.3 Å². The van der Waals surface area contributed by atoms with Crippen LogP contribution >= 0.6 is 11.3 Å². The number of aromatic amines is 1. The fourth-order valence-electron chi connectivity index (χ4n) is 6.19. The summed E-state index contributed by atoms with van der Waals surface area (Å²) in [6.45, 7) is 1.21. The molecule has 212 valence electrons. The normalized spacial score (nSPS) is 18.6. The average Bonchev–Trinajstić information content (AvgIpc) is 3.63. The first-order valence-corrected chi connectivity index (χ1v) is 15.4. The van der Waals surface area contributed by atoms with Crippen LogP contribution in [0, 0.1) is 5.92 Å². The maximum Gasteiger partial charge on any atom is 0.326 e. The third-order valence-corrected chi connectivity index (χ3v) is 9.28. The summed E-state index contributed by atoms with van der Waals surface area (Å²) >= 11 is 1.30. The molecule has 0 unspecified atom stereocenters. The molecular weight excluding hydrogens is 528 g/mol. The van der Waals surface area contributed by atoms with E-state index in [1.54, 1.807) is 10.3 Å². The number of hydrogen-bond acceptors (Lipinski definition) is 6. The van der Waals surface area contributed by atoms with Crippen LogP contribution in [-0.4, -0.2) is 67.7 Å². The van der Waals surface area contributed by atoms with E-state index in [2.05, 4.69) is 15.3 Å². The quantitative estimate of drug-likeness (QED) is 0.432. The summed E-state index contributed by atoms with van der Waals surface area (Å²) in [6.07, 6.45) is 8.72. The predicted molar refractivity (Wildman–Crippen MR) is 153 cm³/mol. The number of anilines is 1. The van der Waals surface area contributed by atoms with Crippen molar-refractivity contribution in [1.82, 2.24) is 24.3 Å². The van der Waals surface area contributed by atoms with Crippen LogP contribution in [0.15, 0.2) is 34.4 Å². The molecule has 3 aromatic rings. The molecule has 3 amide bonds. The molecule has 1 saturated heterocycles. The Balaban J connectivity index is 0.999. The van der Waals surface area contributed by atoms with Gasteiger partial charge in [0.1, 0.15) is 6.54 Å². The summed E-state index contributed by atoms with van der Waals surface area (Å²) in [7, 11) is 0. The summed E-state index contributed by atoms with van der Waals surface area (Å²) < 4.78 is 1.82. The lowest BCUT2D eigenvalue weighted by atomic mass is 9.88. The van der Waals surface area contributed by atoms with Gasteiger partial charge in [-0.15, -0.1) is 11.3 Å². The van der Waals surface area contributed by atoms with Crippen LogP contribution in [-0.2, 0) is 20.8 Å². The highest BCUT2D eigenvalue weighted by Gasteiger charge is 2.37. The molecule has 2 aromatic heterocycles. The van der Waals surface area contributed by atoms with Crippen LogP contribution < -0.4 is 11.0 Å². The number of hydrogen-bond donors (Lipinski definition) is 2. The zero-order chi connectivity index (χ0) is 27.6. The molecule has 3 fully saturated rings. The minimum atomic E-state index is -0.238. The number of amides is 3. The number of likely N-dealkylation sites (tertiary alicyclic amines) is 1. The lowest BCUT2D eigenvalue weighted by Crippen LogP contribution is -2.43. The molecule has 0 bridgehead atoms. The van der Waals surface area contributed by atoms with Crippen LogP contribution in [0.5, 0.6) is 0 Å². The molecule has 10 nitrogen and oxygen atoms in total. The highest BCUT2D eigenvalue weighted by atomic mass is 32.1. The Hall–Kier alpha value is -3.47. The van der Waals surface area contributed by atoms with Crippen LogP contribution in [0.25, 0.3) is 11.0 Å². The topological polar surface area (TPSA) is 120 Å². The van der Waals surface area contributed by atoms with Crippen LogP contribution in [0.1, 0.15) is 69.5 Å². The molecular formula is C29H36N6O4S. The van der Waals surface area contributed by atoms with Crippen molar-refractivity contribution < 1.29 is 14.4 Å². The van der Waals surface area contributed by atoms with Gasteiger partial charge >= 0.3 is 5.69 Å². The standard InChI is InChI=1S/C29H36N6O4S/c36-25(17-34(21-10-11-21)27(38)19-6-2-1-3-7-19)32-28-30-20(18-40-28)16-26(37)33-14-12-22(13-15-33)35-24-9-5-4-8-23(24)31-29(35)39/h4-5,8-9,18-19,21-22H,1-3,6-7,10-17H2,(H,31,39)(H,30,32,36). The molecule has 3 heterocycles. The van der Waals surface area contributed by atoms with Gasteiger partial charge in [0.05, 0.1) is 23.1 Å². The molecule has 2 aliphatic carbocycles. The summed E-state index contributed by atoms with van der Waals surface area (Å²) in [4.78, 5) is 62.4. The van der Waals surface area contributed by atoms with E-state index >= 15 is 0 Å². The number of benzene rings is 1. The van der Waals surface area contributed by atoms with Gasteiger partial charge in [0.15, 0.2) is 5.13 Å². The molecule has 40 heavy (non-hydrogen) atoms. The molecule has 0 spiro atoms. The van der Waals surface area contributed by atoms with Gasteiger partial charge in [-0.1, -0.05) is 31.4 Å². The van der Waals surface area contributed by atoms with Crippen molar-refractivity contribution in [2.24, 2.45) is 5.92 Å². The van der Waals surface area contributed by atoms with E-state index in [0.717, 1.165) is 49.6 Å². The summed E-state index contributed by atoms with van der Waals surface area (Å²) in [6, 6.07) is 7.91. The Morgan fingerprint density at radius 1 is 1.02 bits per heavy atom. The van der Waals surface area contributed by atoms with Gasteiger partial charge in [0.25, 0.3) is 0 Å². The number of fused-ring (bicyclic) bond motifs is 1. The van der Waals surface area contributed by atoms with E-state index in [-0.39, 0.29) is 54.4 Å². The fourth-order valence-corrected chi connectivity index (χ4v) is 6.92. The Kier molecular flexibility index (Phi) is 7.73. The van der Waals surface area contributed by atoms with E-state index in [0.29, 0.717) is 36.8 Å². The van der Waals surface area contributed by atoms with E-state index in [1.807, 2.05) is 33.7 Å². The number of thiazole rings is 1. The number of imidazole rings is 1. The molecule has 1 aliphatic heterocycles. The predicted octanol–water partition coefficient (Wildman–Crippen LogP) is 3.70. The zero-order valence-corrected chi connectivity index (χ0v) is 23.5. The second kappa shape index (κ2) is 11.6. The lowest BCUT2D eigenvalue weighted by Gasteiger charge is -2.32. The highest BCUT2D eigenvalue weighted by Crippen LogP contribution is 2.32. The molecule has 2 saturated carbocycles. The van der Waals surface area contributed by atoms with Crippen molar-refractivity contribution >= 4 is 45.2 Å². The molecule has 2 N–H and O–H groups in total. The van der Waals surface area contributed by atoms with Gasteiger partial charge in [-0.05, 0) is 50.7 Å². The molecule has 1 aromatic carbocycles. The van der Waals surface area contributed by atoms with Gasteiger partial charge in [-0.3, -0.25) is 19.0 Å². The fraction of sp³-hybridized carbons (Fsp3) is 0.552. The number of nitrogens with one attached hydrogen (secondary N) is 2. The Morgan fingerprint density at radius 3 is 2.52 bits per heavy atom. The minimum Gasteiger partial charge on any atom is -0.342 e. The first-order valence-electron chi connectivity index (χ1n) is 14.5. The third-order valence-electron chi connectivity index (χ3n) is 8.48. The average molecular weight is 565 g/mol. The number of nitrogens with zero attached hydrogens (tertiary/aromatic N) is 4. The van der Waals surface area contributed by atoms with E-state index in [4.69, 9.17) is 0 Å². The maximum atomic E-state index is 13.1. The first-order chi connectivity index (χ1) is 19.5. The summed E-state index contributed by atoms with van der Waals surface area (Å²) in [5.41, 5.74) is 2.24. The SMILES string of the molecule is O=C(CN(C(=O)C1CCCCC1)C1CC1)Nc1nc(CC(=O)N2CCC(n3c(=O)[nH]c4ccccc43)CC2)cs1. The summed E-state index contributed by atoms with van der Waals surface area (Å²) in [5.74, 6) is -0.0714. The second-order valence-corrected chi connectivity index (χ2v) is 12.2. The van der Waals surface area contributed by atoms with Gasteiger partial charge < -0.3 is 20.1 Å². The number of aromatic nitrogens is 3. The van der Waals surface area contributed by atoms with Crippen LogP contribution in [0.3, 0.4) is 0 Å². The van der Waals surface area contributed by atoms with Gasteiger partial charge in [-0.2, -0.15) is 0 Å². The van der Waals surface area contributed by atoms with Crippen LogP contribution in [0.2, 0.25) is 0 Å². The Bertz CT molecular complexity index is 1440. The monoisotopic (exact) mass is 564 g/mol. The summed E-state index contributed by atoms with van der Waals surface area (Å²) in [5, 5.41) is 5.09. The van der Waals surface area contributed by atoms with Gasteiger partial charge in [0.2, 0.25) is 17.7 Å². The zero-order valence-electron chi connectivity index (χ0n) is 22.6. The van der Waals surface area contributed by atoms with E-state index in [9.17, 15) is 19.2 Å². The molecule has 11 heteroatoms. The number of rotatable bonds is 8. The van der Waals surface area contributed by atoms with Crippen LogP contribution in [0.4, 0.5) is 5.13 Å². The molecule has 3 aliphatic rings. The highest BCUT2D eigenvalue weighted by molar-refractivity contribution is 7.13. The molecule has 0 radical (unpaired) electrons. The Labute approximate surface area is 236 Å². The first kappa shape index (κ1) is 26.7. The lowest BCUT2D eigenvalue weighted by molar-refractivity contribution is -0.139. The second-order valence-electron chi connectivity index (χ2n) is 11.3. The van der Waals surface area contributed by atoms with Crippen molar-refractivity contribution in [3.63, 3.8) is 0 Å². The maximum absolute atomic E-state index is 13.1. The number of carbonyl (C=O) groups is 3. The number of piperidine rings is 1.